The lowest BCUT2D eigenvalue weighted by atomic mass is 9.76. The average molecular weight is 302 g/mol. The first-order valence-corrected chi connectivity index (χ1v) is 8.02. The standard InChI is InChI=1S/C18H26N2O2/c1-12(2)16-10-5-13(3)11-17(16)19-20-18(21)14-6-8-15(22-4)9-7-14/h6-9,12-13,16H,5,10-11H2,1-4H3,(H,20,21)/b19-17-/t13-,16-/m1/s1. The van der Waals surface area contributed by atoms with E-state index in [0.29, 0.717) is 23.3 Å². The summed E-state index contributed by atoms with van der Waals surface area (Å²) in [6.07, 6.45) is 3.39. The average Bonchev–Trinajstić information content (AvgIpc) is 2.52. The van der Waals surface area contributed by atoms with Gasteiger partial charge in [0.25, 0.3) is 5.91 Å². The highest BCUT2D eigenvalue weighted by atomic mass is 16.5. The van der Waals surface area contributed by atoms with Crippen LogP contribution in [0.4, 0.5) is 0 Å². The van der Waals surface area contributed by atoms with Gasteiger partial charge in [-0.2, -0.15) is 5.10 Å². The number of benzene rings is 1. The number of hydrogen-bond donors (Lipinski definition) is 1. The Bertz CT molecular complexity index is 535. The maximum absolute atomic E-state index is 12.2. The molecular formula is C18H26N2O2. The molecule has 1 N–H and O–H groups in total. The fourth-order valence-electron chi connectivity index (χ4n) is 3.02. The van der Waals surface area contributed by atoms with E-state index >= 15 is 0 Å². The second kappa shape index (κ2) is 7.43. The molecule has 1 aliphatic rings. The van der Waals surface area contributed by atoms with Gasteiger partial charge in [-0.25, -0.2) is 5.43 Å². The molecule has 0 aromatic heterocycles. The lowest BCUT2D eigenvalue weighted by Gasteiger charge is -2.30. The number of ether oxygens (including phenoxy) is 1. The van der Waals surface area contributed by atoms with Crippen molar-refractivity contribution in [2.75, 3.05) is 7.11 Å². The fourth-order valence-corrected chi connectivity index (χ4v) is 3.02. The Morgan fingerprint density at radius 2 is 1.95 bits per heavy atom. The maximum Gasteiger partial charge on any atom is 0.271 e. The highest BCUT2D eigenvalue weighted by Crippen LogP contribution is 2.31. The van der Waals surface area contributed by atoms with E-state index in [4.69, 9.17) is 4.74 Å². The van der Waals surface area contributed by atoms with Crippen molar-refractivity contribution in [2.24, 2.45) is 22.9 Å². The summed E-state index contributed by atoms with van der Waals surface area (Å²) in [5.41, 5.74) is 4.45. The smallest absolute Gasteiger partial charge is 0.271 e. The number of rotatable bonds is 4. The number of carbonyl (C=O) groups excluding carboxylic acids is 1. The molecule has 2 rings (SSSR count). The van der Waals surface area contributed by atoms with E-state index < -0.39 is 0 Å². The van der Waals surface area contributed by atoms with Crippen LogP contribution in [0.15, 0.2) is 29.4 Å². The molecule has 1 aromatic carbocycles. The van der Waals surface area contributed by atoms with Gasteiger partial charge < -0.3 is 4.74 Å². The molecule has 4 heteroatoms. The van der Waals surface area contributed by atoms with Crippen molar-refractivity contribution in [2.45, 2.75) is 40.0 Å². The van der Waals surface area contributed by atoms with Crippen LogP contribution in [0, 0.1) is 17.8 Å². The molecule has 0 unspecified atom stereocenters. The van der Waals surface area contributed by atoms with Gasteiger partial charge in [0, 0.05) is 17.2 Å². The molecule has 0 bridgehead atoms. The van der Waals surface area contributed by atoms with Crippen LogP contribution < -0.4 is 10.2 Å². The van der Waals surface area contributed by atoms with Crippen molar-refractivity contribution in [1.82, 2.24) is 5.43 Å². The molecule has 1 aromatic rings. The number of amides is 1. The van der Waals surface area contributed by atoms with Gasteiger partial charge in [-0.05, 0) is 55.4 Å². The van der Waals surface area contributed by atoms with Gasteiger partial charge in [0.1, 0.15) is 5.75 Å². The quantitative estimate of drug-likeness (QED) is 0.858. The zero-order chi connectivity index (χ0) is 16.1. The molecular weight excluding hydrogens is 276 g/mol. The Kier molecular flexibility index (Phi) is 5.58. The summed E-state index contributed by atoms with van der Waals surface area (Å²) in [6.45, 7) is 6.69. The summed E-state index contributed by atoms with van der Waals surface area (Å²) >= 11 is 0. The van der Waals surface area contributed by atoms with Gasteiger partial charge in [0.05, 0.1) is 7.11 Å². The van der Waals surface area contributed by atoms with E-state index in [-0.39, 0.29) is 5.91 Å². The molecule has 0 aliphatic heterocycles. The van der Waals surface area contributed by atoms with E-state index in [9.17, 15) is 4.79 Å². The lowest BCUT2D eigenvalue weighted by Crippen LogP contribution is -2.31. The molecule has 2 atom stereocenters. The first kappa shape index (κ1) is 16.5. The summed E-state index contributed by atoms with van der Waals surface area (Å²) in [5.74, 6) is 2.25. The minimum absolute atomic E-state index is 0.170. The largest absolute Gasteiger partial charge is 0.497 e. The lowest BCUT2D eigenvalue weighted by molar-refractivity contribution is 0.0954. The molecule has 4 nitrogen and oxygen atoms in total. The van der Waals surface area contributed by atoms with Gasteiger partial charge in [0.15, 0.2) is 0 Å². The topological polar surface area (TPSA) is 50.7 Å². The Morgan fingerprint density at radius 3 is 2.55 bits per heavy atom. The van der Waals surface area contributed by atoms with E-state index in [0.717, 1.165) is 24.3 Å². The van der Waals surface area contributed by atoms with Crippen molar-refractivity contribution < 1.29 is 9.53 Å². The molecule has 0 saturated heterocycles. The van der Waals surface area contributed by atoms with Crippen LogP contribution in [0.5, 0.6) is 5.75 Å². The molecule has 22 heavy (non-hydrogen) atoms. The van der Waals surface area contributed by atoms with Crippen LogP contribution in [0.2, 0.25) is 0 Å². The zero-order valence-corrected chi connectivity index (χ0v) is 13.9. The van der Waals surface area contributed by atoms with Gasteiger partial charge in [-0.3, -0.25) is 4.79 Å². The number of hydrazone groups is 1. The third-order valence-corrected chi connectivity index (χ3v) is 4.41. The summed E-state index contributed by atoms with van der Waals surface area (Å²) in [4.78, 5) is 12.2. The van der Waals surface area contributed by atoms with Crippen molar-refractivity contribution >= 4 is 11.6 Å². The zero-order valence-electron chi connectivity index (χ0n) is 13.9. The molecule has 0 radical (unpaired) electrons. The van der Waals surface area contributed by atoms with Crippen molar-refractivity contribution in [1.29, 1.82) is 0 Å². The van der Waals surface area contributed by atoms with Crippen LogP contribution >= 0.6 is 0 Å². The van der Waals surface area contributed by atoms with Gasteiger partial charge in [0.2, 0.25) is 0 Å². The summed E-state index contributed by atoms with van der Waals surface area (Å²) in [7, 11) is 1.61. The number of methoxy groups -OCH3 is 1. The molecule has 0 spiro atoms. The van der Waals surface area contributed by atoms with Gasteiger partial charge >= 0.3 is 0 Å². The second-order valence-electron chi connectivity index (χ2n) is 6.51. The number of hydrogen-bond acceptors (Lipinski definition) is 3. The third-order valence-electron chi connectivity index (χ3n) is 4.41. The minimum Gasteiger partial charge on any atom is -0.497 e. The highest BCUT2D eigenvalue weighted by molar-refractivity contribution is 5.96. The fraction of sp³-hybridized carbons (Fsp3) is 0.556. The van der Waals surface area contributed by atoms with Crippen LogP contribution in [-0.4, -0.2) is 18.7 Å². The second-order valence-corrected chi connectivity index (χ2v) is 6.51. The summed E-state index contributed by atoms with van der Waals surface area (Å²) < 4.78 is 5.10. The number of nitrogens with zero attached hydrogens (tertiary/aromatic N) is 1. The summed E-state index contributed by atoms with van der Waals surface area (Å²) in [6, 6.07) is 7.05. The Balaban J connectivity index is 2.05. The normalized spacial score (nSPS) is 23.6. The number of carbonyl (C=O) groups is 1. The van der Waals surface area contributed by atoms with Crippen LogP contribution in [0.1, 0.15) is 50.4 Å². The SMILES string of the molecule is COc1ccc(C(=O)N/N=C2/C[C@H](C)CC[C@@H]2C(C)C)cc1. The van der Waals surface area contributed by atoms with Crippen LogP contribution in [-0.2, 0) is 0 Å². The molecule has 120 valence electrons. The minimum atomic E-state index is -0.170. The van der Waals surface area contributed by atoms with Crippen LogP contribution in [0.25, 0.3) is 0 Å². The predicted octanol–water partition coefficient (Wildman–Crippen LogP) is 3.87. The molecule has 0 heterocycles. The first-order chi connectivity index (χ1) is 10.5. The van der Waals surface area contributed by atoms with E-state index in [1.165, 1.54) is 6.42 Å². The van der Waals surface area contributed by atoms with E-state index in [2.05, 4.69) is 31.3 Å². The van der Waals surface area contributed by atoms with Gasteiger partial charge in [-0.15, -0.1) is 0 Å². The van der Waals surface area contributed by atoms with E-state index in [1.54, 1.807) is 31.4 Å². The van der Waals surface area contributed by atoms with Gasteiger partial charge in [-0.1, -0.05) is 20.8 Å². The predicted molar refractivity (Wildman–Crippen MR) is 89.2 cm³/mol. The molecule has 1 amide bonds. The Labute approximate surface area is 132 Å². The highest BCUT2D eigenvalue weighted by Gasteiger charge is 2.27. The third kappa shape index (κ3) is 4.09. The van der Waals surface area contributed by atoms with Crippen molar-refractivity contribution in [3.05, 3.63) is 29.8 Å². The Morgan fingerprint density at radius 1 is 1.27 bits per heavy atom. The molecule has 1 saturated carbocycles. The molecule has 1 aliphatic carbocycles. The molecule has 1 fully saturated rings. The maximum atomic E-state index is 12.2. The first-order valence-electron chi connectivity index (χ1n) is 8.02. The van der Waals surface area contributed by atoms with Crippen molar-refractivity contribution in [3.8, 4) is 5.75 Å². The number of nitrogens with one attached hydrogen (secondary N) is 1. The van der Waals surface area contributed by atoms with Crippen LogP contribution in [0.3, 0.4) is 0 Å². The monoisotopic (exact) mass is 302 g/mol. The summed E-state index contributed by atoms with van der Waals surface area (Å²) in [5, 5.41) is 4.44. The Hall–Kier alpha value is -1.84. The van der Waals surface area contributed by atoms with E-state index in [1.807, 2.05) is 0 Å². The van der Waals surface area contributed by atoms with Crippen molar-refractivity contribution in [3.63, 3.8) is 0 Å².